The highest BCUT2D eigenvalue weighted by Gasteiger charge is 2.00. The van der Waals surface area contributed by atoms with E-state index in [0.29, 0.717) is 12.8 Å². The molecule has 0 radical (unpaired) electrons. The average molecular weight is 166 g/mol. The fourth-order valence-electron chi connectivity index (χ4n) is 0.995. The van der Waals surface area contributed by atoms with E-state index in [-0.39, 0.29) is 5.78 Å². The summed E-state index contributed by atoms with van der Waals surface area (Å²) < 4.78 is 11.7. The van der Waals surface area contributed by atoms with Crippen LogP contribution in [0.15, 0.2) is 30.3 Å². The Labute approximate surface area is 71.2 Å². The van der Waals surface area contributed by atoms with Gasteiger partial charge >= 0.3 is 0 Å². The van der Waals surface area contributed by atoms with Crippen molar-refractivity contribution in [2.45, 2.75) is 12.8 Å². The molecule has 2 heteroatoms. The first kappa shape index (κ1) is 8.91. The number of alkyl halides is 1. The third kappa shape index (κ3) is 2.82. The zero-order valence-corrected chi connectivity index (χ0v) is 6.79. The topological polar surface area (TPSA) is 17.1 Å². The smallest absolute Gasteiger partial charge is 0.164 e. The third-order valence-electron chi connectivity index (χ3n) is 1.68. The number of aryl methyl sites for hydroxylation is 1. The molecule has 1 rings (SSSR count). The summed E-state index contributed by atoms with van der Waals surface area (Å²) in [6.07, 6.45) is 0.949. The highest BCUT2D eigenvalue weighted by Crippen LogP contribution is 2.02. The molecule has 1 nitrogen and oxygen atoms in total. The van der Waals surface area contributed by atoms with Crippen molar-refractivity contribution in [3.63, 3.8) is 0 Å². The van der Waals surface area contributed by atoms with Gasteiger partial charge in [-0.05, 0) is 12.0 Å². The first-order valence-electron chi connectivity index (χ1n) is 3.94. The van der Waals surface area contributed by atoms with Crippen LogP contribution in [0.3, 0.4) is 0 Å². The molecule has 0 atom stereocenters. The molecule has 0 fully saturated rings. The number of benzene rings is 1. The molecule has 0 heterocycles. The number of ketones is 1. The van der Waals surface area contributed by atoms with E-state index >= 15 is 0 Å². The summed E-state index contributed by atoms with van der Waals surface area (Å²) in [5, 5.41) is 0. The molecule has 12 heavy (non-hydrogen) atoms. The molecule has 0 saturated carbocycles. The van der Waals surface area contributed by atoms with Gasteiger partial charge in [-0.2, -0.15) is 0 Å². The van der Waals surface area contributed by atoms with Crippen molar-refractivity contribution in [2.24, 2.45) is 0 Å². The van der Waals surface area contributed by atoms with Gasteiger partial charge in [-0.1, -0.05) is 30.3 Å². The minimum Gasteiger partial charge on any atom is -0.297 e. The van der Waals surface area contributed by atoms with Gasteiger partial charge in [0.15, 0.2) is 5.78 Å². The molecule has 0 aliphatic rings. The van der Waals surface area contributed by atoms with Crippen molar-refractivity contribution in [3.05, 3.63) is 35.9 Å². The lowest BCUT2D eigenvalue weighted by Crippen LogP contribution is -2.01. The van der Waals surface area contributed by atoms with Gasteiger partial charge in [-0.15, -0.1) is 0 Å². The highest BCUT2D eigenvalue weighted by atomic mass is 19.1. The minimum absolute atomic E-state index is 0.306. The van der Waals surface area contributed by atoms with Gasteiger partial charge in [0.2, 0.25) is 0 Å². The van der Waals surface area contributed by atoms with Gasteiger partial charge in [-0.25, -0.2) is 4.39 Å². The van der Waals surface area contributed by atoms with Gasteiger partial charge in [0, 0.05) is 6.42 Å². The van der Waals surface area contributed by atoms with E-state index in [0.717, 1.165) is 5.56 Å². The Balaban J connectivity index is 2.38. The monoisotopic (exact) mass is 166 g/mol. The number of carbonyl (C=O) groups excluding carboxylic acids is 1. The zero-order valence-electron chi connectivity index (χ0n) is 6.79. The van der Waals surface area contributed by atoms with Crippen LogP contribution in [0.5, 0.6) is 0 Å². The molecule has 0 amide bonds. The molecular formula is C10H11FO. The molecule has 0 saturated heterocycles. The van der Waals surface area contributed by atoms with E-state index in [9.17, 15) is 9.18 Å². The second-order valence-corrected chi connectivity index (χ2v) is 2.66. The predicted octanol–water partition coefficient (Wildman–Crippen LogP) is 2.16. The molecular weight excluding hydrogens is 155 g/mol. The van der Waals surface area contributed by atoms with Crippen molar-refractivity contribution in [1.82, 2.24) is 0 Å². The average Bonchev–Trinajstić information content (AvgIpc) is 2.16. The number of rotatable bonds is 4. The van der Waals surface area contributed by atoms with Gasteiger partial charge in [0.25, 0.3) is 0 Å². The van der Waals surface area contributed by atoms with Crippen LogP contribution in [0.4, 0.5) is 4.39 Å². The van der Waals surface area contributed by atoms with Gasteiger partial charge < -0.3 is 0 Å². The summed E-state index contributed by atoms with van der Waals surface area (Å²) in [6.45, 7) is -0.840. The lowest BCUT2D eigenvalue weighted by molar-refractivity contribution is -0.119. The summed E-state index contributed by atoms with van der Waals surface area (Å²) in [5.74, 6) is -0.321. The van der Waals surface area contributed by atoms with Crippen LogP contribution in [-0.4, -0.2) is 12.5 Å². The maximum Gasteiger partial charge on any atom is 0.164 e. The van der Waals surface area contributed by atoms with Crippen molar-refractivity contribution in [3.8, 4) is 0 Å². The first-order valence-corrected chi connectivity index (χ1v) is 3.94. The minimum atomic E-state index is -0.840. The Bertz CT molecular complexity index is 243. The molecule has 0 bridgehead atoms. The second-order valence-electron chi connectivity index (χ2n) is 2.66. The van der Waals surface area contributed by atoms with Crippen LogP contribution >= 0.6 is 0 Å². The van der Waals surface area contributed by atoms with E-state index < -0.39 is 6.67 Å². The zero-order chi connectivity index (χ0) is 8.81. The maximum atomic E-state index is 11.7. The second kappa shape index (κ2) is 4.65. The van der Waals surface area contributed by atoms with Gasteiger partial charge in [0.05, 0.1) is 0 Å². The molecule has 1 aromatic carbocycles. The number of halogens is 1. The summed E-state index contributed by atoms with van der Waals surface area (Å²) in [4.78, 5) is 10.6. The number of hydrogen-bond acceptors (Lipinski definition) is 1. The van der Waals surface area contributed by atoms with E-state index in [1.165, 1.54) is 0 Å². The Hall–Kier alpha value is -1.18. The molecule has 0 N–H and O–H groups in total. The quantitative estimate of drug-likeness (QED) is 0.669. The fourth-order valence-corrected chi connectivity index (χ4v) is 0.995. The molecule has 0 aliphatic heterocycles. The summed E-state index contributed by atoms with van der Waals surface area (Å²) in [7, 11) is 0. The van der Waals surface area contributed by atoms with Crippen LogP contribution in [0.2, 0.25) is 0 Å². The normalized spacial score (nSPS) is 9.75. The van der Waals surface area contributed by atoms with Crippen molar-refractivity contribution in [1.29, 1.82) is 0 Å². The maximum absolute atomic E-state index is 11.7. The number of hydrogen-bond donors (Lipinski definition) is 0. The third-order valence-corrected chi connectivity index (χ3v) is 1.68. The Morgan fingerprint density at radius 2 is 1.92 bits per heavy atom. The molecule has 0 unspecified atom stereocenters. The first-order chi connectivity index (χ1) is 5.83. The largest absolute Gasteiger partial charge is 0.297 e. The molecule has 1 aromatic rings. The Morgan fingerprint density at radius 1 is 1.25 bits per heavy atom. The standard InChI is InChI=1S/C10H11FO/c11-8-10(12)7-6-9-4-2-1-3-5-9/h1-5H,6-8H2. The van der Waals surface area contributed by atoms with E-state index in [2.05, 4.69) is 0 Å². The highest BCUT2D eigenvalue weighted by molar-refractivity contribution is 5.79. The Kier molecular flexibility index (Phi) is 3.45. The summed E-state index contributed by atoms with van der Waals surface area (Å²) >= 11 is 0. The lowest BCUT2D eigenvalue weighted by Gasteiger charge is -1.97. The van der Waals surface area contributed by atoms with Crippen LogP contribution in [0, 0.1) is 0 Å². The van der Waals surface area contributed by atoms with Crippen LogP contribution < -0.4 is 0 Å². The van der Waals surface area contributed by atoms with Crippen molar-refractivity contribution < 1.29 is 9.18 Å². The SMILES string of the molecule is O=C(CF)CCc1ccccc1. The molecule has 0 aliphatic carbocycles. The van der Waals surface area contributed by atoms with Crippen molar-refractivity contribution >= 4 is 5.78 Å². The Morgan fingerprint density at radius 3 is 2.50 bits per heavy atom. The van der Waals surface area contributed by atoms with Gasteiger partial charge in [0.1, 0.15) is 6.67 Å². The molecule has 0 aromatic heterocycles. The number of carbonyl (C=O) groups is 1. The predicted molar refractivity (Wildman–Crippen MR) is 45.7 cm³/mol. The van der Waals surface area contributed by atoms with Crippen LogP contribution in [-0.2, 0) is 11.2 Å². The van der Waals surface area contributed by atoms with Crippen molar-refractivity contribution in [2.75, 3.05) is 6.67 Å². The van der Waals surface area contributed by atoms with E-state index in [1.54, 1.807) is 0 Å². The van der Waals surface area contributed by atoms with E-state index in [4.69, 9.17) is 0 Å². The van der Waals surface area contributed by atoms with Gasteiger partial charge in [-0.3, -0.25) is 4.79 Å². The van der Waals surface area contributed by atoms with Crippen LogP contribution in [0.25, 0.3) is 0 Å². The number of Topliss-reactive ketones (excluding diaryl/α,β-unsaturated/α-hetero) is 1. The van der Waals surface area contributed by atoms with Crippen LogP contribution in [0.1, 0.15) is 12.0 Å². The lowest BCUT2D eigenvalue weighted by atomic mass is 10.1. The fraction of sp³-hybridized carbons (Fsp3) is 0.300. The molecule has 64 valence electrons. The molecule has 0 spiro atoms. The van der Waals surface area contributed by atoms with E-state index in [1.807, 2.05) is 30.3 Å². The summed E-state index contributed by atoms with van der Waals surface area (Å²) in [5.41, 5.74) is 1.08. The summed E-state index contributed by atoms with van der Waals surface area (Å²) in [6, 6.07) is 9.61.